The summed E-state index contributed by atoms with van der Waals surface area (Å²) in [5.74, 6) is 0.267. The Bertz CT molecular complexity index is 1430. The first-order chi connectivity index (χ1) is 19.5. The smallest absolute Gasteiger partial charge is 0.0192 e. The van der Waals surface area contributed by atoms with Crippen molar-refractivity contribution in [2.75, 3.05) is 0 Å². The van der Waals surface area contributed by atoms with Gasteiger partial charge in [-0.25, -0.2) is 0 Å². The monoisotopic (exact) mass is 543 g/mol. The van der Waals surface area contributed by atoms with Crippen molar-refractivity contribution in [1.29, 1.82) is 0 Å². The van der Waals surface area contributed by atoms with Gasteiger partial charge in [-0.1, -0.05) is 118 Å². The van der Waals surface area contributed by atoms with E-state index in [9.17, 15) is 0 Å². The van der Waals surface area contributed by atoms with Gasteiger partial charge in [0.15, 0.2) is 0 Å². The van der Waals surface area contributed by atoms with E-state index in [2.05, 4.69) is 140 Å². The van der Waals surface area contributed by atoms with E-state index in [4.69, 9.17) is 5.73 Å². The maximum atomic E-state index is 6.69. The van der Waals surface area contributed by atoms with Crippen LogP contribution in [0.1, 0.15) is 72.4 Å². The van der Waals surface area contributed by atoms with E-state index in [0.717, 1.165) is 24.0 Å². The van der Waals surface area contributed by atoms with Crippen molar-refractivity contribution in [2.24, 2.45) is 17.1 Å². The summed E-state index contributed by atoms with van der Waals surface area (Å²) in [5.41, 5.74) is 17.3. The van der Waals surface area contributed by atoms with Gasteiger partial charge in [-0.3, -0.25) is 0 Å². The Morgan fingerprint density at radius 3 is 2.12 bits per heavy atom. The zero-order valence-electron chi connectivity index (χ0n) is 26.3. The largest absolute Gasteiger partial charge is 0.325 e. The predicted octanol–water partition coefficient (Wildman–Crippen LogP) is 11.1. The summed E-state index contributed by atoms with van der Waals surface area (Å²) in [5, 5.41) is 0. The average molecular weight is 544 g/mol. The first-order valence-electron chi connectivity index (χ1n) is 14.9. The molecule has 3 rings (SSSR count). The van der Waals surface area contributed by atoms with Gasteiger partial charge < -0.3 is 5.73 Å². The van der Waals surface area contributed by atoms with E-state index in [1.807, 2.05) is 25.2 Å². The van der Waals surface area contributed by atoms with Crippen LogP contribution in [0.15, 0.2) is 133 Å². The highest BCUT2D eigenvalue weighted by atomic mass is 14.8. The van der Waals surface area contributed by atoms with Crippen LogP contribution < -0.4 is 5.73 Å². The number of hydrogen-bond acceptors (Lipinski definition) is 1. The van der Waals surface area contributed by atoms with Crippen LogP contribution in [0.3, 0.4) is 0 Å². The van der Waals surface area contributed by atoms with Crippen LogP contribution in [0.5, 0.6) is 0 Å². The summed E-state index contributed by atoms with van der Waals surface area (Å²) in [6, 6.07) is 17.4. The summed E-state index contributed by atoms with van der Waals surface area (Å²) in [7, 11) is 0. The Hall–Kier alpha value is -3.68. The average Bonchev–Trinajstić information content (AvgIpc) is 2.97. The lowest BCUT2D eigenvalue weighted by Crippen LogP contribution is -2.50. The molecule has 2 N–H and O–H groups in total. The predicted molar refractivity (Wildman–Crippen MR) is 183 cm³/mol. The van der Waals surface area contributed by atoms with E-state index < -0.39 is 0 Å². The molecule has 1 aliphatic rings. The third-order valence-electron chi connectivity index (χ3n) is 8.90. The molecule has 2 aromatic carbocycles. The van der Waals surface area contributed by atoms with Crippen LogP contribution in [-0.2, 0) is 0 Å². The molecule has 41 heavy (non-hydrogen) atoms. The summed E-state index contributed by atoms with van der Waals surface area (Å²) < 4.78 is 0. The molecule has 2 atom stereocenters. The Labute approximate surface area is 250 Å². The van der Waals surface area contributed by atoms with Crippen LogP contribution in [0.25, 0.3) is 22.3 Å². The lowest BCUT2D eigenvalue weighted by atomic mass is 9.63. The quantitative estimate of drug-likeness (QED) is 0.280. The Balaban J connectivity index is 2.08. The summed E-state index contributed by atoms with van der Waals surface area (Å²) >= 11 is 0. The molecule has 1 nitrogen and oxygen atoms in total. The van der Waals surface area contributed by atoms with E-state index in [-0.39, 0.29) is 16.9 Å². The molecule has 0 bridgehead atoms. The van der Waals surface area contributed by atoms with Gasteiger partial charge in [0.25, 0.3) is 0 Å². The van der Waals surface area contributed by atoms with Gasteiger partial charge >= 0.3 is 0 Å². The molecule has 0 heterocycles. The van der Waals surface area contributed by atoms with Gasteiger partial charge in [-0.2, -0.15) is 0 Å². The third-order valence-corrected chi connectivity index (χ3v) is 8.90. The van der Waals surface area contributed by atoms with Gasteiger partial charge in [0.05, 0.1) is 0 Å². The number of nitrogens with two attached hydrogens (primary N) is 1. The third kappa shape index (κ3) is 7.16. The molecule has 1 heteroatoms. The van der Waals surface area contributed by atoms with Gasteiger partial charge in [0, 0.05) is 16.9 Å². The summed E-state index contributed by atoms with van der Waals surface area (Å²) in [6.45, 7) is 23.6. The molecule has 214 valence electrons. The topological polar surface area (TPSA) is 26.0 Å². The first-order valence-corrected chi connectivity index (χ1v) is 14.9. The van der Waals surface area contributed by atoms with Crippen molar-refractivity contribution in [3.8, 4) is 11.1 Å². The molecule has 2 aromatic rings. The maximum absolute atomic E-state index is 6.69. The molecule has 1 aliphatic carbocycles. The van der Waals surface area contributed by atoms with Crippen molar-refractivity contribution < 1.29 is 0 Å². The van der Waals surface area contributed by atoms with Crippen molar-refractivity contribution in [2.45, 2.75) is 66.8 Å². The SMILES string of the molecule is C=C/C(=C\C=C/C)c1cc(C(=C/C)/C=C(\C=C)C2C=CC(C(C)(CC)C(C)(C)N)=C(C)C2)cc(-c2ccccc2)c1. The highest BCUT2D eigenvalue weighted by Gasteiger charge is 2.40. The number of hydrogen-bond donors (Lipinski definition) is 1. The maximum Gasteiger partial charge on any atom is 0.0192 e. The number of rotatable bonds is 11. The minimum absolute atomic E-state index is 0.0806. The molecule has 0 fully saturated rings. The van der Waals surface area contributed by atoms with Crippen molar-refractivity contribution in [3.05, 3.63) is 144 Å². The Morgan fingerprint density at radius 1 is 0.951 bits per heavy atom. The molecule has 0 aliphatic heterocycles. The van der Waals surface area contributed by atoms with Crippen LogP contribution in [-0.4, -0.2) is 5.54 Å². The highest BCUT2D eigenvalue weighted by molar-refractivity contribution is 5.85. The van der Waals surface area contributed by atoms with Crippen molar-refractivity contribution >= 4 is 11.1 Å². The molecule has 2 unspecified atom stereocenters. The van der Waals surface area contributed by atoms with E-state index in [0.29, 0.717) is 0 Å². The van der Waals surface area contributed by atoms with Crippen LogP contribution in [0.2, 0.25) is 0 Å². The standard InChI is InChI=1S/C40H49N/c1-10-15-19-30(11-2)35-26-36(28-37(27-35)33-20-17-16-18-21-33)32(13-4)25-31(12-3)34-22-23-38(29(6)24-34)40(9,14-5)39(7,8)41/h10-13,15-23,25-28,34H,2-3,14,24,41H2,1,4-9H3/b15-10-,30-19+,31-25+,32-13+. The van der Waals surface area contributed by atoms with E-state index in [1.54, 1.807) is 0 Å². The molecule has 0 saturated carbocycles. The van der Waals surface area contributed by atoms with Gasteiger partial charge in [-0.05, 0) is 110 Å². The van der Waals surface area contributed by atoms with Gasteiger partial charge in [0.2, 0.25) is 0 Å². The Morgan fingerprint density at radius 2 is 1.61 bits per heavy atom. The molecular formula is C40H49N. The van der Waals surface area contributed by atoms with E-state index in [1.165, 1.54) is 39.0 Å². The molecule has 0 radical (unpaired) electrons. The highest BCUT2D eigenvalue weighted by Crippen LogP contribution is 2.46. The number of benzene rings is 2. The summed E-state index contributed by atoms with van der Waals surface area (Å²) in [6.07, 6.45) is 21.3. The van der Waals surface area contributed by atoms with E-state index >= 15 is 0 Å². The lowest BCUT2D eigenvalue weighted by molar-refractivity contribution is 0.219. The lowest BCUT2D eigenvalue weighted by Gasteiger charge is -2.44. The second-order valence-electron chi connectivity index (χ2n) is 11.9. The molecule has 0 aromatic heterocycles. The minimum Gasteiger partial charge on any atom is -0.325 e. The zero-order valence-corrected chi connectivity index (χ0v) is 26.3. The zero-order chi connectivity index (χ0) is 30.2. The Kier molecular flexibility index (Phi) is 10.7. The second kappa shape index (κ2) is 13.8. The van der Waals surface area contributed by atoms with Crippen LogP contribution in [0.4, 0.5) is 0 Å². The minimum atomic E-state index is -0.308. The fraction of sp³-hybridized carbons (Fsp3) is 0.300. The van der Waals surface area contributed by atoms with Crippen LogP contribution >= 0.6 is 0 Å². The van der Waals surface area contributed by atoms with Gasteiger partial charge in [-0.15, -0.1) is 0 Å². The summed E-state index contributed by atoms with van der Waals surface area (Å²) in [4.78, 5) is 0. The molecule has 0 amide bonds. The first kappa shape index (κ1) is 31.8. The fourth-order valence-electron chi connectivity index (χ4n) is 5.81. The molecule has 0 saturated heterocycles. The number of allylic oxidation sites excluding steroid dienone is 13. The van der Waals surface area contributed by atoms with Crippen molar-refractivity contribution in [3.63, 3.8) is 0 Å². The fourth-order valence-corrected chi connectivity index (χ4v) is 5.81. The second-order valence-corrected chi connectivity index (χ2v) is 11.9. The van der Waals surface area contributed by atoms with Crippen LogP contribution in [0, 0.1) is 11.3 Å². The van der Waals surface area contributed by atoms with Crippen molar-refractivity contribution in [1.82, 2.24) is 0 Å². The normalized spacial score (nSPS) is 18.5. The molecular weight excluding hydrogens is 494 g/mol. The molecule has 0 spiro atoms. The van der Waals surface area contributed by atoms with Gasteiger partial charge in [0.1, 0.15) is 0 Å².